The average molecular weight is 372 g/mol. The molecule has 6 nitrogen and oxygen atoms in total. The number of carbonyl (C=O) groups excluding carboxylic acids is 2. The van der Waals surface area contributed by atoms with Crippen LogP contribution in [0.5, 0.6) is 11.5 Å². The van der Waals surface area contributed by atoms with Crippen molar-refractivity contribution in [2.24, 2.45) is 5.92 Å². The van der Waals surface area contributed by atoms with Crippen LogP contribution in [-0.4, -0.2) is 42.1 Å². The second-order valence-corrected chi connectivity index (χ2v) is 6.32. The van der Waals surface area contributed by atoms with Gasteiger partial charge in [0.1, 0.15) is 11.9 Å². The Hall–Kier alpha value is -2.86. The molecule has 0 saturated carbocycles. The first-order valence-electron chi connectivity index (χ1n) is 8.63. The third-order valence-electron chi connectivity index (χ3n) is 4.33. The van der Waals surface area contributed by atoms with Gasteiger partial charge in [0.2, 0.25) is 0 Å². The summed E-state index contributed by atoms with van der Waals surface area (Å²) in [6.45, 7) is 0. The summed E-state index contributed by atoms with van der Waals surface area (Å²) in [4.78, 5) is 23.9. The third kappa shape index (κ3) is 6.11. The van der Waals surface area contributed by atoms with Crippen LogP contribution >= 0.6 is 0 Å². The van der Waals surface area contributed by atoms with Gasteiger partial charge in [0.05, 0.1) is 13.5 Å². The number of aliphatic hydroxyl groups excluding tert-OH is 1. The summed E-state index contributed by atoms with van der Waals surface area (Å²) in [5, 5.41) is 19.2. The fraction of sp³-hybridized carbons (Fsp3) is 0.333. The second kappa shape index (κ2) is 9.73. The zero-order chi connectivity index (χ0) is 19.8. The Morgan fingerprint density at radius 3 is 2.63 bits per heavy atom. The van der Waals surface area contributed by atoms with Gasteiger partial charge in [-0.2, -0.15) is 0 Å². The smallest absolute Gasteiger partial charge is 0.163 e. The molecule has 1 aromatic rings. The van der Waals surface area contributed by atoms with Gasteiger partial charge in [-0.05, 0) is 54.7 Å². The van der Waals surface area contributed by atoms with Crippen LogP contribution in [0.15, 0.2) is 48.3 Å². The van der Waals surface area contributed by atoms with Crippen LogP contribution in [-0.2, 0) is 14.3 Å². The summed E-state index contributed by atoms with van der Waals surface area (Å²) in [6.07, 6.45) is 8.43. The molecule has 1 aliphatic carbocycles. The average Bonchev–Trinajstić information content (AvgIpc) is 2.66. The van der Waals surface area contributed by atoms with Crippen LogP contribution in [0.1, 0.15) is 24.8 Å². The molecule has 6 heteroatoms. The van der Waals surface area contributed by atoms with E-state index in [0.29, 0.717) is 24.2 Å². The minimum Gasteiger partial charge on any atom is -0.510 e. The second-order valence-electron chi connectivity index (χ2n) is 6.32. The monoisotopic (exact) mass is 372 g/mol. The highest BCUT2D eigenvalue weighted by Gasteiger charge is 2.22. The Balaban J connectivity index is 1.87. The predicted octanol–water partition coefficient (Wildman–Crippen LogP) is 3.37. The normalized spacial score (nSPS) is 20.0. The van der Waals surface area contributed by atoms with Crippen molar-refractivity contribution in [3.63, 3.8) is 0 Å². The number of methoxy groups -OCH3 is 2. The first kappa shape index (κ1) is 20.5. The molecule has 1 aliphatic rings. The summed E-state index contributed by atoms with van der Waals surface area (Å²) >= 11 is 0. The lowest BCUT2D eigenvalue weighted by atomic mass is 9.90. The highest BCUT2D eigenvalue weighted by Crippen LogP contribution is 2.27. The van der Waals surface area contributed by atoms with E-state index in [2.05, 4.69) is 0 Å². The zero-order valence-corrected chi connectivity index (χ0v) is 15.4. The molecule has 144 valence electrons. The molecule has 0 amide bonds. The van der Waals surface area contributed by atoms with Gasteiger partial charge in [-0.15, -0.1) is 0 Å². The number of rotatable bonds is 8. The van der Waals surface area contributed by atoms with Crippen LogP contribution in [0.25, 0.3) is 6.08 Å². The predicted molar refractivity (Wildman–Crippen MR) is 102 cm³/mol. The van der Waals surface area contributed by atoms with Crippen LogP contribution in [0.3, 0.4) is 0 Å². The van der Waals surface area contributed by atoms with E-state index >= 15 is 0 Å². The molecule has 0 saturated heterocycles. The van der Waals surface area contributed by atoms with Crippen molar-refractivity contribution in [1.29, 1.82) is 0 Å². The highest BCUT2D eigenvalue weighted by atomic mass is 16.5. The lowest BCUT2D eigenvalue weighted by molar-refractivity contribution is -0.121. The zero-order valence-electron chi connectivity index (χ0n) is 15.4. The number of phenols is 1. The summed E-state index contributed by atoms with van der Waals surface area (Å²) < 4.78 is 10.2. The molecule has 0 fully saturated rings. The van der Waals surface area contributed by atoms with Gasteiger partial charge in [-0.3, -0.25) is 9.59 Å². The van der Waals surface area contributed by atoms with Crippen molar-refractivity contribution >= 4 is 17.6 Å². The third-order valence-corrected chi connectivity index (χ3v) is 4.33. The van der Waals surface area contributed by atoms with Crippen molar-refractivity contribution < 1.29 is 29.3 Å². The van der Waals surface area contributed by atoms with Gasteiger partial charge < -0.3 is 19.7 Å². The maximum Gasteiger partial charge on any atom is 0.163 e. The number of ether oxygens (including phenoxy) is 2. The van der Waals surface area contributed by atoms with E-state index in [-0.39, 0.29) is 41.5 Å². The number of allylic oxidation sites excluding steroid dienone is 4. The SMILES string of the molecule is COc1cc(/C=C/C(=O)CC(=O)/C=C/[C@@H]2CC=C(O)[C@@H](OC)C2)ccc1O. The first-order chi connectivity index (χ1) is 12.9. The van der Waals surface area contributed by atoms with E-state index in [0.717, 1.165) is 0 Å². The van der Waals surface area contributed by atoms with Gasteiger partial charge in [0.15, 0.2) is 23.1 Å². The molecule has 0 heterocycles. The largest absolute Gasteiger partial charge is 0.510 e. The van der Waals surface area contributed by atoms with Gasteiger partial charge in [-0.1, -0.05) is 18.2 Å². The lowest BCUT2D eigenvalue weighted by Crippen LogP contribution is -2.21. The molecule has 0 aliphatic heterocycles. The molecule has 2 rings (SSSR count). The molecule has 0 aromatic heterocycles. The van der Waals surface area contributed by atoms with Crippen LogP contribution in [0.4, 0.5) is 0 Å². The van der Waals surface area contributed by atoms with E-state index in [9.17, 15) is 19.8 Å². The number of benzene rings is 1. The molecule has 2 atom stereocenters. The van der Waals surface area contributed by atoms with Crippen LogP contribution in [0.2, 0.25) is 0 Å². The van der Waals surface area contributed by atoms with Crippen molar-refractivity contribution in [2.45, 2.75) is 25.4 Å². The Kier molecular flexibility index (Phi) is 7.37. The summed E-state index contributed by atoms with van der Waals surface area (Å²) in [5.74, 6) is 0.0475. The van der Waals surface area contributed by atoms with E-state index in [1.165, 1.54) is 32.4 Å². The van der Waals surface area contributed by atoms with Gasteiger partial charge in [-0.25, -0.2) is 0 Å². The van der Waals surface area contributed by atoms with Gasteiger partial charge in [0.25, 0.3) is 0 Å². The molecule has 0 radical (unpaired) electrons. The number of aromatic hydroxyl groups is 1. The van der Waals surface area contributed by atoms with Crippen molar-refractivity contribution in [3.8, 4) is 11.5 Å². The molecular weight excluding hydrogens is 348 g/mol. The lowest BCUT2D eigenvalue weighted by Gasteiger charge is -2.23. The number of ketones is 2. The van der Waals surface area contributed by atoms with Crippen molar-refractivity contribution in [3.05, 3.63) is 53.8 Å². The van der Waals surface area contributed by atoms with Crippen LogP contribution in [0, 0.1) is 5.92 Å². The molecule has 0 bridgehead atoms. The summed E-state index contributed by atoms with van der Waals surface area (Å²) in [7, 11) is 2.97. The topological polar surface area (TPSA) is 93.1 Å². The summed E-state index contributed by atoms with van der Waals surface area (Å²) in [5.41, 5.74) is 0.681. The molecular formula is C21H24O6. The number of carbonyl (C=O) groups is 2. The van der Waals surface area contributed by atoms with Gasteiger partial charge in [0, 0.05) is 7.11 Å². The molecule has 27 heavy (non-hydrogen) atoms. The quantitative estimate of drug-likeness (QED) is 0.537. The number of hydrogen-bond donors (Lipinski definition) is 2. The molecule has 1 aromatic carbocycles. The summed E-state index contributed by atoms with van der Waals surface area (Å²) in [6, 6.07) is 4.71. The number of hydrogen-bond acceptors (Lipinski definition) is 6. The van der Waals surface area contributed by atoms with E-state index in [4.69, 9.17) is 9.47 Å². The van der Waals surface area contributed by atoms with Crippen molar-refractivity contribution in [2.75, 3.05) is 14.2 Å². The first-order valence-corrected chi connectivity index (χ1v) is 8.63. The molecule has 0 unspecified atom stereocenters. The Labute approximate surface area is 158 Å². The molecule has 2 N–H and O–H groups in total. The maximum absolute atomic E-state index is 12.0. The van der Waals surface area contributed by atoms with Crippen LogP contribution < -0.4 is 4.74 Å². The minimum atomic E-state index is -0.352. The highest BCUT2D eigenvalue weighted by molar-refractivity contribution is 6.09. The maximum atomic E-state index is 12.0. The van der Waals surface area contributed by atoms with E-state index in [1.54, 1.807) is 30.4 Å². The Morgan fingerprint density at radius 1 is 1.19 bits per heavy atom. The Bertz CT molecular complexity index is 775. The van der Waals surface area contributed by atoms with E-state index in [1.807, 2.05) is 0 Å². The van der Waals surface area contributed by atoms with E-state index < -0.39 is 0 Å². The standard InChI is InChI=1S/C21H24O6/c1-26-20-11-14(5-9-18(20)24)3-7-16(22)13-17(23)8-4-15-6-10-19(25)21(12-15)27-2/h3-5,7-11,15,21,24-25H,6,12-13H2,1-2H3/b7-3+,8-4+/t15-,21+/m1/s1. The van der Waals surface area contributed by atoms with Crippen molar-refractivity contribution in [1.82, 2.24) is 0 Å². The fourth-order valence-electron chi connectivity index (χ4n) is 2.79. The minimum absolute atomic E-state index is 0.0166. The number of phenolic OH excluding ortho intramolecular Hbond substituents is 1. The van der Waals surface area contributed by atoms with Gasteiger partial charge >= 0.3 is 0 Å². The Morgan fingerprint density at radius 2 is 1.93 bits per heavy atom. The fourth-order valence-corrected chi connectivity index (χ4v) is 2.79. The molecule has 0 spiro atoms. The number of aliphatic hydroxyl groups is 1.